The highest BCUT2D eigenvalue weighted by molar-refractivity contribution is 5.95. The fraction of sp³-hybridized carbons (Fsp3) is 0.733. The van der Waals surface area contributed by atoms with Crippen LogP contribution in [0.3, 0.4) is 0 Å². The van der Waals surface area contributed by atoms with Gasteiger partial charge in [0.15, 0.2) is 0 Å². The number of carbonyl (C=O) groups is 2. The Labute approximate surface area is 229 Å². The molecule has 8 nitrogen and oxygen atoms in total. The summed E-state index contributed by atoms with van der Waals surface area (Å²) in [5, 5.41) is 3.64. The summed E-state index contributed by atoms with van der Waals surface area (Å²) in [6.07, 6.45) is 3.78. The minimum Gasteiger partial charge on any atom is -0.493 e. The van der Waals surface area contributed by atoms with Crippen LogP contribution in [0.1, 0.15) is 76.7 Å². The standard InChI is InChI=1S/C30H49N3O5/c1-8-22-10-11-23(16-27(22)37-15-9-14-36-7)28(34)33(21(2)3)20-25-19-32(29(35)38-30(4,5)6)18-24(25)17-31-26-12-13-26/h10-11,16,21,24-26,31H,8-9,12-15,17-20H2,1-7H3/t24-,25+/m1/s1. The van der Waals surface area contributed by atoms with Crippen molar-refractivity contribution in [3.8, 4) is 5.75 Å². The summed E-state index contributed by atoms with van der Waals surface area (Å²) < 4.78 is 16.8. The molecule has 2 atom stereocenters. The zero-order valence-corrected chi connectivity index (χ0v) is 24.5. The Hall–Kier alpha value is -2.32. The molecule has 1 saturated heterocycles. The molecule has 3 rings (SSSR count). The third kappa shape index (κ3) is 8.87. The Kier molecular flexibility index (Phi) is 10.9. The first kappa shape index (κ1) is 30.2. The minimum absolute atomic E-state index is 0.00554. The summed E-state index contributed by atoms with van der Waals surface area (Å²) in [6.45, 7) is 15.7. The molecule has 0 aromatic heterocycles. The number of nitrogens with zero attached hydrogens (tertiary/aromatic N) is 2. The number of rotatable bonds is 13. The van der Waals surface area contributed by atoms with Crippen molar-refractivity contribution in [1.82, 2.24) is 15.1 Å². The fourth-order valence-corrected chi connectivity index (χ4v) is 4.90. The van der Waals surface area contributed by atoms with Gasteiger partial charge in [-0.1, -0.05) is 13.0 Å². The first-order chi connectivity index (χ1) is 18.0. The van der Waals surface area contributed by atoms with Crippen LogP contribution in [0.5, 0.6) is 5.75 Å². The maximum atomic E-state index is 13.8. The number of amides is 2. The molecule has 38 heavy (non-hydrogen) atoms. The molecule has 1 heterocycles. The average molecular weight is 532 g/mol. The lowest BCUT2D eigenvalue weighted by molar-refractivity contribution is 0.0282. The van der Waals surface area contributed by atoms with Crippen molar-refractivity contribution in [3.63, 3.8) is 0 Å². The molecular weight excluding hydrogens is 482 g/mol. The van der Waals surface area contributed by atoms with Crippen molar-refractivity contribution in [2.45, 2.75) is 84.9 Å². The van der Waals surface area contributed by atoms with Crippen molar-refractivity contribution < 1.29 is 23.8 Å². The molecule has 0 spiro atoms. The van der Waals surface area contributed by atoms with Gasteiger partial charge in [-0.05, 0) is 83.4 Å². The van der Waals surface area contributed by atoms with Crippen LogP contribution in [0.2, 0.25) is 0 Å². The third-order valence-electron chi connectivity index (χ3n) is 7.24. The van der Waals surface area contributed by atoms with Crippen molar-refractivity contribution >= 4 is 12.0 Å². The number of aryl methyl sites for hydroxylation is 1. The molecule has 1 saturated carbocycles. The predicted octanol–water partition coefficient (Wildman–Crippen LogP) is 4.75. The van der Waals surface area contributed by atoms with Crippen LogP contribution < -0.4 is 10.1 Å². The molecule has 1 aromatic carbocycles. The van der Waals surface area contributed by atoms with Crippen molar-refractivity contribution in [2.75, 3.05) is 46.5 Å². The van der Waals surface area contributed by atoms with Crippen LogP contribution in [0.25, 0.3) is 0 Å². The summed E-state index contributed by atoms with van der Waals surface area (Å²) in [4.78, 5) is 30.5. The summed E-state index contributed by atoms with van der Waals surface area (Å²) in [6, 6.07) is 6.41. The molecule has 2 aliphatic rings. The third-order valence-corrected chi connectivity index (χ3v) is 7.24. The van der Waals surface area contributed by atoms with Crippen molar-refractivity contribution in [3.05, 3.63) is 29.3 Å². The fourth-order valence-electron chi connectivity index (χ4n) is 4.90. The monoisotopic (exact) mass is 531 g/mol. The molecule has 1 aromatic rings. The maximum Gasteiger partial charge on any atom is 0.410 e. The zero-order valence-electron chi connectivity index (χ0n) is 24.5. The Morgan fingerprint density at radius 1 is 1.13 bits per heavy atom. The number of hydrogen-bond acceptors (Lipinski definition) is 6. The second kappa shape index (κ2) is 13.7. The van der Waals surface area contributed by atoms with Gasteiger partial charge in [-0.25, -0.2) is 4.79 Å². The number of methoxy groups -OCH3 is 1. The van der Waals surface area contributed by atoms with Crippen LogP contribution in [0.15, 0.2) is 18.2 Å². The lowest BCUT2D eigenvalue weighted by Gasteiger charge is -2.32. The molecule has 8 heteroatoms. The number of ether oxygens (including phenoxy) is 3. The van der Waals surface area contributed by atoms with E-state index in [4.69, 9.17) is 14.2 Å². The van der Waals surface area contributed by atoms with Crippen LogP contribution in [0, 0.1) is 11.8 Å². The molecular formula is C30H49N3O5. The predicted molar refractivity (Wildman–Crippen MR) is 150 cm³/mol. The molecule has 2 fully saturated rings. The molecule has 1 aliphatic carbocycles. The number of hydrogen-bond donors (Lipinski definition) is 1. The molecule has 1 aliphatic heterocycles. The van der Waals surface area contributed by atoms with Gasteiger partial charge in [-0.15, -0.1) is 0 Å². The van der Waals surface area contributed by atoms with E-state index in [9.17, 15) is 9.59 Å². The molecule has 0 bridgehead atoms. The van der Waals surface area contributed by atoms with E-state index < -0.39 is 5.60 Å². The maximum absolute atomic E-state index is 13.8. The highest BCUT2D eigenvalue weighted by Crippen LogP contribution is 2.29. The Morgan fingerprint density at radius 2 is 1.84 bits per heavy atom. The van der Waals surface area contributed by atoms with E-state index in [1.165, 1.54) is 12.8 Å². The van der Waals surface area contributed by atoms with E-state index in [0.717, 1.165) is 30.7 Å². The van der Waals surface area contributed by atoms with E-state index in [1.807, 2.05) is 48.8 Å². The normalized spacial score (nSPS) is 19.6. The summed E-state index contributed by atoms with van der Waals surface area (Å²) in [5.41, 5.74) is 1.18. The molecule has 214 valence electrons. The molecule has 0 radical (unpaired) electrons. The SMILES string of the molecule is CCc1ccc(C(=O)N(C[C@@H]2CN(C(=O)OC(C)(C)C)C[C@H]2CNC2CC2)C(C)C)cc1OCCCOC. The van der Waals surface area contributed by atoms with Crippen LogP contribution in [0.4, 0.5) is 4.79 Å². The van der Waals surface area contributed by atoms with Gasteiger partial charge in [0, 0.05) is 64.0 Å². The molecule has 0 unspecified atom stereocenters. The summed E-state index contributed by atoms with van der Waals surface area (Å²) in [7, 11) is 1.68. The average Bonchev–Trinajstić information content (AvgIpc) is 3.60. The first-order valence-corrected chi connectivity index (χ1v) is 14.3. The van der Waals surface area contributed by atoms with Gasteiger partial charge < -0.3 is 29.3 Å². The minimum atomic E-state index is -0.537. The number of nitrogens with one attached hydrogen (secondary N) is 1. The van der Waals surface area contributed by atoms with E-state index in [2.05, 4.69) is 26.1 Å². The Bertz CT molecular complexity index is 925. The second-order valence-corrected chi connectivity index (χ2v) is 12.0. The largest absolute Gasteiger partial charge is 0.493 e. The highest BCUT2D eigenvalue weighted by atomic mass is 16.6. The van der Waals surface area contributed by atoms with E-state index in [0.29, 0.717) is 44.5 Å². The summed E-state index contributed by atoms with van der Waals surface area (Å²) >= 11 is 0. The second-order valence-electron chi connectivity index (χ2n) is 12.0. The molecule has 2 amide bonds. The smallest absolute Gasteiger partial charge is 0.410 e. The summed E-state index contributed by atoms with van der Waals surface area (Å²) in [5.74, 6) is 1.19. The van der Waals surface area contributed by atoms with Gasteiger partial charge in [-0.2, -0.15) is 0 Å². The zero-order chi connectivity index (χ0) is 27.9. The first-order valence-electron chi connectivity index (χ1n) is 14.3. The van der Waals surface area contributed by atoms with E-state index in [1.54, 1.807) is 7.11 Å². The van der Waals surface area contributed by atoms with E-state index >= 15 is 0 Å². The van der Waals surface area contributed by atoms with Gasteiger partial charge in [-0.3, -0.25) is 4.79 Å². The topological polar surface area (TPSA) is 80.3 Å². The van der Waals surface area contributed by atoms with Gasteiger partial charge in [0.2, 0.25) is 0 Å². The highest BCUT2D eigenvalue weighted by Gasteiger charge is 2.39. The van der Waals surface area contributed by atoms with Crippen LogP contribution in [-0.2, 0) is 15.9 Å². The lowest BCUT2D eigenvalue weighted by Crippen LogP contribution is -2.43. The van der Waals surface area contributed by atoms with E-state index in [-0.39, 0.29) is 29.9 Å². The van der Waals surface area contributed by atoms with Gasteiger partial charge >= 0.3 is 6.09 Å². The Morgan fingerprint density at radius 3 is 2.45 bits per heavy atom. The van der Waals surface area contributed by atoms with Gasteiger partial charge in [0.1, 0.15) is 11.4 Å². The Balaban J connectivity index is 1.74. The van der Waals surface area contributed by atoms with Gasteiger partial charge in [0.25, 0.3) is 5.91 Å². The van der Waals surface area contributed by atoms with Crippen molar-refractivity contribution in [2.24, 2.45) is 11.8 Å². The van der Waals surface area contributed by atoms with Crippen molar-refractivity contribution in [1.29, 1.82) is 0 Å². The van der Waals surface area contributed by atoms with Crippen LogP contribution in [-0.4, -0.2) is 86.0 Å². The number of likely N-dealkylation sites (tertiary alicyclic amines) is 1. The number of benzene rings is 1. The van der Waals surface area contributed by atoms with Crippen LogP contribution >= 0.6 is 0 Å². The van der Waals surface area contributed by atoms with Gasteiger partial charge in [0.05, 0.1) is 6.61 Å². The lowest BCUT2D eigenvalue weighted by atomic mass is 9.94. The number of carbonyl (C=O) groups excluding carboxylic acids is 2. The molecule has 1 N–H and O–H groups in total. The quantitative estimate of drug-likeness (QED) is 0.370.